The molecule has 39 heavy (non-hydrogen) atoms. The Bertz CT molecular complexity index is 1430. The number of likely N-dealkylation sites (tertiary alicyclic amines) is 1. The number of anilines is 1. The lowest BCUT2D eigenvalue weighted by atomic mass is 9.79. The van der Waals surface area contributed by atoms with Gasteiger partial charge in [-0.25, -0.2) is 9.18 Å². The molecule has 1 aliphatic carbocycles. The van der Waals surface area contributed by atoms with Crippen LogP contribution in [0, 0.1) is 11.7 Å². The van der Waals surface area contributed by atoms with Crippen molar-refractivity contribution in [3.8, 4) is 11.3 Å². The summed E-state index contributed by atoms with van der Waals surface area (Å²) in [6.45, 7) is 3.77. The summed E-state index contributed by atoms with van der Waals surface area (Å²) >= 11 is 12.2. The molecule has 204 valence electrons. The van der Waals surface area contributed by atoms with Crippen LogP contribution >= 0.6 is 23.2 Å². The molecule has 3 aromatic rings. The number of urea groups is 1. The second-order valence-corrected chi connectivity index (χ2v) is 11.7. The number of aromatic nitrogens is 1. The minimum Gasteiger partial charge on any atom is -0.356 e. The van der Waals surface area contributed by atoms with E-state index in [0.717, 1.165) is 6.54 Å². The summed E-state index contributed by atoms with van der Waals surface area (Å²) < 4.78 is 19.8. The van der Waals surface area contributed by atoms with Crippen LogP contribution in [0.4, 0.5) is 14.9 Å². The van der Waals surface area contributed by atoms with Gasteiger partial charge in [0.15, 0.2) is 5.76 Å². The maximum Gasteiger partial charge on any atom is 0.332 e. The zero-order valence-electron chi connectivity index (χ0n) is 21.6. The van der Waals surface area contributed by atoms with Crippen LogP contribution in [-0.4, -0.2) is 51.6 Å². The fourth-order valence-electron chi connectivity index (χ4n) is 6.13. The van der Waals surface area contributed by atoms with Gasteiger partial charge in [-0.2, -0.15) is 0 Å². The number of carbonyl (C=O) groups excluding carboxylic acids is 2. The van der Waals surface area contributed by atoms with Gasteiger partial charge in [-0.05, 0) is 74.9 Å². The first-order valence-corrected chi connectivity index (χ1v) is 14.1. The zero-order chi connectivity index (χ0) is 27.3. The van der Waals surface area contributed by atoms with Crippen molar-refractivity contribution in [3.63, 3.8) is 0 Å². The molecule has 0 unspecified atom stereocenters. The van der Waals surface area contributed by atoms with Gasteiger partial charge in [-0.15, -0.1) is 0 Å². The van der Waals surface area contributed by atoms with Crippen LogP contribution in [0.25, 0.3) is 11.3 Å². The van der Waals surface area contributed by atoms with Crippen LogP contribution in [0.5, 0.6) is 0 Å². The monoisotopic (exact) mass is 570 g/mol. The lowest BCUT2D eigenvalue weighted by Gasteiger charge is -2.47. The van der Waals surface area contributed by atoms with Crippen molar-refractivity contribution in [2.24, 2.45) is 5.92 Å². The van der Waals surface area contributed by atoms with E-state index in [4.69, 9.17) is 27.7 Å². The summed E-state index contributed by atoms with van der Waals surface area (Å²) in [4.78, 5) is 33.2. The van der Waals surface area contributed by atoms with Crippen LogP contribution < -0.4 is 4.90 Å². The molecule has 3 amide bonds. The molecule has 1 aromatic heterocycles. The van der Waals surface area contributed by atoms with Crippen molar-refractivity contribution in [1.29, 1.82) is 0 Å². The Morgan fingerprint density at radius 1 is 1.10 bits per heavy atom. The smallest absolute Gasteiger partial charge is 0.332 e. The Hall–Kier alpha value is -2.94. The summed E-state index contributed by atoms with van der Waals surface area (Å²) in [6, 6.07) is 12.3. The van der Waals surface area contributed by atoms with E-state index >= 15 is 0 Å². The van der Waals surface area contributed by atoms with Crippen LogP contribution in [0.15, 0.2) is 53.1 Å². The van der Waals surface area contributed by atoms with E-state index in [0.29, 0.717) is 58.1 Å². The fourth-order valence-corrected chi connectivity index (χ4v) is 6.43. The highest BCUT2D eigenvalue weighted by Crippen LogP contribution is 2.44. The van der Waals surface area contributed by atoms with E-state index in [1.807, 2.05) is 0 Å². The molecular weight excluding hydrogens is 542 g/mol. The highest BCUT2D eigenvalue weighted by molar-refractivity contribution is 6.42. The molecule has 3 fully saturated rings. The average Bonchev–Trinajstić information content (AvgIpc) is 3.42. The molecule has 1 spiro atoms. The first-order valence-electron chi connectivity index (χ1n) is 13.3. The van der Waals surface area contributed by atoms with Crippen LogP contribution in [0.3, 0.4) is 0 Å². The summed E-state index contributed by atoms with van der Waals surface area (Å²) in [7, 11) is 0. The molecule has 6 rings (SSSR count). The van der Waals surface area contributed by atoms with Crippen molar-refractivity contribution < 1.29 is 18.5 Å². The van der Waals surface area contributed by atoms with E-state index in [9.17, 15) is 14.0 Å². The van der Waals surface area contributed by atoms with Gasteiger partial charge in [-0.3, -0.25) is 14.6 Å². The Kier molecular flexibility index (Phi) is 6.90. The maximum atomic E-state index is 14.3. The normalized spacial score (nSPS) is 24.2. The molecule has 0 radical (unpaired) electrons. The van der Waals surface area contributed by atoms with E-state index in [2.05, 4.69) is 17.0 Å². The molecule has 2 saturated heterocycles. The Balaban J connectivity index is 1.29. The first-order chi connectivity index (χ1) is 18.7. The number of amides is 3. The van der Waals surface area contributed by atoms with Gasteiger partial charge < -0.3 is 9.42 Å². The van der Waals surface area contributed by atoms with Crippen molar-refractivity contribution in [2.45, 2.75) is 57.2 Å². The number of benzene rings is 2. The average molecular weight is 571 g/mol. The molecule has 2 atom stereocenters. The Morgan fingerprint density at radius 2 is 1.92 bits per heavy atom. The second kappa shape index (κ2) is 10.2. The molecule has 3 heterocycles. The number of rotatable bonds is 6. The van der Waals surface area contributed by atoms with Crippen molar-refractivity contribution in [1.82, 2.24) is 15.0 Å². The van der Waals surface area contributed by atoms with Crippen LogP contribution in [0.2, 0.25) is 10.0 Å². The highest BCUT2D eigenvalue weighted by atomic mass is 35.5. The van der Waals surface area contributed by atoms with Gasteiger partial charge >= 0.3 is 6.03 Å². The largest absolute Gasteiger partial charge is 0.356 e. The third-order valence-electron chi connectivity index (χ3n) is 8.43. The van der Waals surface area contributed by atoms with Gasteiger partial charge in [-0.1, -0.05) is 40.8 Å². The molecular formula is C29H29Cl2FN4O3. The number of piperidine rings is 1. The number of hydrogen-bond donors (Lipinski definition) is 0. The predicted molar refractivity (Wildman–Crippen MR) is 147 cm³/mol. The molecule has 3 aliphatic rings. The molecule has 7 nitrogen and oxygen atoms in total. The molecule has 10 heteroatoms. The van der Waals surface area contributed by atoms with Crippen LogP contribution in [-0.2, 0) is 11.3 Å². The molecule has 1 saturated carbocycles. The predicted octanol–water partition coefficient (Wildman–Crippen LogP) is 6.78. The summed E-state index contributed by atoms with van der Waals surface area (Å²) in [6.07, 6.45) is 4.73. The van der Waals surface area contributed by atoms with E-state index in [-0.39, 0.29) is 18.5 Å². The van der Waals surface area contributed by atoms with Crippen molar-refractivity contribution >= 4 is 40.8 Å². The minimum absolute atomic E-state index is 0.0593. The molecule has 0 N–H and O–H groups in total. The highest BCUT2D eigenvalue weighted by Gasteiger charge is 2.60. The summed E-state index contributed by atoms with van der Waals surface area (Å²) in [5, 5.41) is 4.91. The zero-order valence-corrected chi connectivity index (χ0v) is 23.1. The number of imide groups is 1. The lowest BCUT2D eigenvalue weighted by molar-refractivity contribution is -0.133. The topological polar surface area (TPSA) is 69.9 Å². The summed E-state index contributed by atoms with van der Waals surface area (Å²) in [5.74, 6) is 0.401. The standard InChI is InChI=1S/C29H29Cl2FN4O3/c1-18-15-29(10-11-34(18)16-19-4-2-5-19)27(37)35(28(38)36(29)23-7-3-6-21(32)13-23)17-22-14-26(39-33-22)20-8-9-24(30)25(31)12-20/h3,6-9,12-14,18-19H,2,4-5,10-11,15-17H2,1H3/t18-,29+/m0/s1. The van der Waals surface area contributed by atoms with Gasteiger partial charge in [0, 0.05) is 36.4 Å². The van der Waals surface area contributed by atoms with Gasteiger partial charge in [0.1, 0.15) is 17.1 Å². The SMILES string of the molecule is C[C@H]1C[C@]2(CCN1CC1CCC1)C(=O)N(Cc1cc(-c3ccc(Cl)c(Cl)c3)on1)C(=O)N2c1cccc(F)c1. The molecule has 2 aromatic carbocycles. The van der Waals surface area contributed by atoms with E-state index in [1.54, 1.807) is 36.4 Å². The lowest BCUT2D eigenvalue weighted by Crippen LogP contribution is -2.60. The number of nitrogens with zero attached hydrogens (tertiary/aromatic N) is 4. The van der Waals surface area contributed by atoms with Gasteiger partial charge in [0.05, 0.1) is 16.6 Å². The number of halogens is 3. The quantitative estimate of drug-likeness (QED) is 0.305. The van der Waals surface area contributed by atoms with Crippen molar-refractivity contribution in [3.05, 3.63) is 70.1 Å². The summed E-state index contributed by atoms with van der Waals surface area (Å²) in [5.41, 5.74) is 0.390. The third-order valence-corrected chi connectivity index (χ3v) is 9.17. The number of hydrogen-bond acceptors (Lipinski definition) is 5. The maximum absolute atomic E-state index is 14.3. The molecule has 0 bridgehead atoms. The molecule has 2 aliphatic heterocycles. The Labute approximate surface area is 236 Å². The minimum atomic E-state index is -1.09. The van der Waals surface area contributed by atoms with Crippen molar-refractivity contribution in [2.75, 3.05) is 18.0 Å². The fraction of sp³-hybridized carbons (Fsp3) is 0.414. The number of carbonyl (C=O) groups is 2. The van der Waals surface area contributed by atoms with Gasteiger partial charge in [0.2, 0.25) is 0 Å². The van der Waals surface area contributed by atoms with Crippen LogP contribution in [0.1, 0.15) is 44.7 Å². The Morgan fingerprint density at radius 3 is 2.62 bits per heavy atom. The van der Waals surface area contributed by atoms with E-state index in [1.165, 1.54) is 41.2 Å². The van der Waals surface area contributed by atoms with E-state index < -0.39 is 17.4 Å². The third kappa shape index (κ3) is 4.72. The first kappa shape index (κ1) is 26.3. The second-order valence-electron chi connectivity index (χ2n) is 10.9. The van der Waals surface area contributed by atoms with Gasteiger partial charge in [0.25, 0.3) is 5.91 Å².